The van der Waals surface area contributed by atoms with Crippen LogP contribution in [0.3, 0.4) is 0 Å². The van der Waals surface area contributed by atoms with Gasteiger partial charge < -0.3 is 19.9 Å². The number of guanidine groups is 1. The predicted molar refractivity (Wildman–Crippen MR) is 113 cm³/mol. The minimum absolute atomic E-state index is 0. The molecule has 6 nitrogen and oxygen atoms in total. The maximum atomic E-state index is 5.43. The molecule has 0 saturated heterocycles. The first-order valence-corrected chi connectivity index (χ1v) is 8.01. The van der Waals surface area contributed by atoms with Crippen LogP contribution < -0.4 is 5.32 Å². The Bertz CT molecular complexity index is 669. The highest BCUT2D eigenvalue weighted by Gasteiger charge is 2.18. The number of halogens is 1. The first kappa shape index (κ1) is 21.4. The monoisotopic (exact) mass is 457 g/mol. The lowest BCUT2D eigenvalue weighted by Crippen LogP contribution is -2.45. The van der Waals surface area contributed by atoms with E-state index < -0.39 is 0 Å². The van der Waals surface area contributed by atoms with Crippen molar-refractivity contribution in [3.8, 4) is 11.3 Å². The van der Waals surface area contributed by atoms with E-state index in [1.165, 1.54) is 0 Å². The van der Waals surface area contributed by atoms with Gasteiger partial charge in [-0.15, -0.1) is 24.0 Å². The van der Waals surface area contributed by atoms with Crippen molar-refractivity contribution < 1.29 is 4.74 Å². The van der Waals surface area contributed by atoms with E-state index in [2.05, 4.69) is 32.4 Å². The zero-order chi connectivity index (χ0) is 17.6. The van der Waals surface area contributed by atoms with Crippen molar-refractivity contribution >= 4 is 29.9 Å². The highest BCUT2D eigenvalue weighted by Crippen LogP contribution is 2.16. The van der Waals surface area contributed by atoms with Crippen LogP contribution in [0.1, 0.15) is 19.7 Å². The van der Waals surface area contributed by atoms with E-state index in [9.17, 15) is 0 Å². The highest BCUT2D eigenvalue weighted by molar-refractivity contribution is 14.0. The molecule has 1 heterocycles. The third-order valence-corrected chi connectivity index (χ3v) is 3.90. The van der Waals surface area contributed by atoms with Gasteiger partial charge in [0, 0.05) is 27.7 Å². The number of nitrogens with one attached hydrogen (secondary N) is 2. The number of nitrogens with zero attached hydrogens (tertiary/aromatic N) is 3. The normalized spacial score (nSPS) is 11.8. The van der Waals surface area contributed by atoms with Crippen molar-refractivity contribution in [2.75, 3.05) is 27.7 Å². The van der Waals surface area contributed by atoms with Gasteiger partial charge >= 0.3 is 0 Å². The van der Waals surface area contributed by atoms with Crippen LogP contribution in [-0.2, 0) is 11.3 Å². The number of hydrogen-bond donors (Lipinski definition) is 2. The Morgan fingerprint density at radius 2 is 2.00 bits per heavy atom. The molecule has 138 valence electrons. The molecule has 0 bridgehead atoms. The van der Waals surface area contributed by atoms with Gasteiger partial charge in [0.2, 0.25) is 0 Å². The van der Waals surface area contributed by atoms with Gasteiger partial charge in [0.25, 0.3) is 0 Å². The molecule has 0 radical (unpaired) electrons. The third-order valence-electron chi connectivity index (χ3n) is 3.90. The van der Waals surface area contributed by atoms with Crippen molar-refractivity contribution in [2.24, 2.45) is 4.99 Å². The fourth-order valence-electron chi connectivity index (χ4n) is 2.26. The molecule has 0 unspecified atom stereocenters. The molecule has 0 saturated carbocycles. The number of methoxy groups -OCH3 is 1. The Morgan fingerprint density at radius 3 is 2.60 bits per heavy atom. The van der Waals surface area contributed by atoms with Gasteiger partial charge in [-0.1, -0.05) is 30.3 Å². The molecule has 0 amide bonds. The quantitative estimate of drug-likeness (QED) is 0.398. The molecule has 0 spiro atoms. The molecule has 0 aliphatic heterocycles. The molecule has 2 rings (SSSR count). The Hall–Kier alpha value is -1.61. The van der Waals surface area contributed by atoms with Gasteiger partial charge in [0.15, 0.2) is 5.96 Å². The number of H-pyrrole nitrogens is 1. The van der Waals surface area contributed by atoms with Crippen LogP contribution >= 0.6 is 24.0 Å². The summed E-state index contributed by atoms with van der Waals surface area (Å²) in [6.45, 7) is 5.38. The van der Waals surface area contributed by atoms with Gasteiger partial charge in [-0.2, -0.15) is 0 Å². The standard InChI is InChI=1S/C18H27N5O.HI/c1-18(2,24-5)13-21-17(19-3)23(4)12-16-20-11-15(22-16)14-9-7-6-8-10-14;/h6-11H,12-13H2,1-5H3,(H,19,21)(H,20,22);1H. The minimum Gasteiger partial charge on any atom is -0.377 e. The van der Waals surface area contributed by atoms with Crippen LogP contribution in [0.15, 0.2) is 41.5 Å². The van der Waals surface area contributed by atoms with Crippen molar-refractivity contribution in [2.45, 2.75) is 26.0 Å². The van der Waals surface area contributed by atoms with Crippen molar-refractivity contribution in [3.05, 3.63) is 42.4 Å². The number of rotatable bonds is 6. The van der Waals surface area contributed by atoms with Gasteiger partial charge in [0.1, 0.15) is 5.82 Å². The average molecular weight is 457 g/mol. The lowest BCUT2D eigenvalue weighted by atomic mass is 10.1. The maximum absolute atomic E-state index is 5.43. The molecule has 0 fully saturated rings. The fourth-order valence-corrected chi connectivity index (χ4v) is 2.26. The average Bonchev–Trinajstić information content (AvgIpc) is 3.04. The number of imidazole rings is 1. The lowest BCUT2D eigenvalue weighted by molar-refractivity contribution is 0.0264. The van der Waals surface area contributed by atoms with Gasteiger partial charge in [-0.25, -0.2) is 4.98 Å². The maximum Gasteiger partial charge on any atom is 0.193 e. The molecule has 2 N–H and O–H groups in total. The second-order valence-corrected chi connectivity index (χ2v) is 6.33. The summed E-state index contributed by atoms with van der Waals surface area (Å²) in [5.74, 6) is 1.70. The first-order chi connectivity index (χ1) is 11.4. The molecule has 0 aliphatic rings. The van der Waals surface area contributed by atoms with E-state index >= 15 is 0 Å². The number of aliphatic imine (C=N–C) groups is 1. The minimum atomic E-state index is -0.248. The summed E-state index contributed by atoms with van der Waals surface area (Å²) in [6, 6.07) is 10.2. The van der Waals surface area contributed by atoms with E-state index in [-0.39, 0.29) is 29.6 Å². The molecule has 0 atom stereocenters. The summed E-state index contributed by atoms with van der Waals surface area (Å²) >= 11 is 0. The van der Waals surface area contributed by atoms with Crippen LogP contribution in [-0.4, -0.2) is 54.2 Å². The summed E-state index contributed by atoms with van der Waals surface area (Å²) < 4.78 is 5.43. The molecule has 1 aromatic heterocycles. The summed E-state index contributed by atoms with van der Waals surface area (Å²) in [7, 11) is 5.47. The number of aromatic nitrogens is 2. The van der Waals surface area contributed by atoms with Crippen LogP contribution in [0, 0.1) is 0 Å². The Balaban J connectivity index is 0.00000312. The smallest absolute Gasteiger partial charge is 0.193 e. The molecule has 2 aromatic rings. The Labute approximate surface area is 167 Å². The van der Waals surface area contributed by atoms with E-state index in [0.717, 1.165) is 23.0 Å². The van der Waals surface area contributed by atoms with Crippen LogP contribution in [0.2, 0.25) is 0 Å². The Kier molecular flexibility index (Phi) is 8.37. The summed E-state index contributed by atoms with van der Waals surface area (Å²) in [5.41, 5.74) is 1.90. The number of benzene rings is 1. The van der Waals surface area contributed by atoms with Gasteiger partial charge in [0.05, 0.1) is 24.0 Å². The second kappa shape index (κ2) is 9.76. The van der Waals surface area contributed by atoms with Gasteiger partial charge in [-0.05, 0) is 19.4 Å². The van der Waals surface area contributed by atoms with Crippen LogP contribution in [0.5, 0.6) is 0 Å². The number of hydrogen-bond acceptors (Lipinski definition) is 3. The SMILES string of the molecule is CN=C(NCC(C)(C)OC)N(C)Cc1ncc(-c2ccccc2)[nH]1.I. The largest absolute Gasteiger partial charge is 0.377 e. The van der Waals surface area contributed by atoms with Crippen LogP contribution in [0.25, 0.3) is 11.3 Å². The zero-order valence-electron chi connectivity index (χ0n) is 15.5. The third kappa shape index (κ3) is 6.32. The summed E-state index contributed by atoms with van der Waals surface area (Å²) in [4.78, 5) is 14.2. The Morgan fingerprint density at radius 1 is 1.32 bits per heavy atom. The number of ether oxygens (including phenoxy) is 1. The molecular weight excluding hydrogens is 429 g/mol. The highest BCUT2D eigenvalue weighted by atomic mass is 127. The molecule has 1 aromatic carbocycles. The first-order valence-electron chi connectivity index (χ1n) is 8.01. The van der Waals surface area contributed by atoms with E-state index in [0.29, 0.717) is 13.1 Å². The van der Waals surface area contributed by atoms with Crippen molar-refractivity contribution in [1.29, 1.82) is 0 Å². The van der Waals surface area contributed by atoms with Crippen molar-refractivity contribution in [3.63, 3.8) is 0 Å². The van der Waals surface area contributed by atoms with E-state index in [4.69, 9.17) is 4.74 Å². The number of aromatic amines is 1. The van der Waals surface area contributed by atoms with Crippen molar-refractivity contribution in [1.82, 2.24) is 20.2 Å². The predicted octanol–water partition coefficient (Wildman–Crippen LogP) is 3.13. The van der Waals surface area contributed by atoms with Gasteiger partial charge in [-0.3, -0.25) is 4.99 Å². The van der Waals surface area contributed by atoms with E-state index in [1.54, 1.807) is 14.2 Å². The molecule has 7 heteroatoms. The van der Waals surface area contributed by atoms with E-state index in [1.807, 2.05) is 50.2 Å². The molecular formula is C18H28IN5O. The fraction of sp³-hybridized carbons (Fsp3) is 0.444. The molecule has 0 aliphatic carbocycles. The lowest BCUT2D eigenvalue weighted by Gasteiger charge is -2.27. The summed E-state index contributed by atoms with van der Waals surface area (Å²) in [5, 5.41) is 3.33. The second-order valence-electron chi connectivity index (χ2n) is 6.33. The molecule has 25 heavy (non-hydrogen) atoms. The summed E-state index contributed by atoms with van der Waals surface area (Å²) in [6.07, 6.45) is 1.86. The van der Waals surface area contributed by atoms with Crippen LogP contribution in [0.4, 0.5) is 0 Å². The topological polar surface area (TPSA) is 65.5 Å². The zero-order valence-corrected chi connectivity index (χ0v) is 17.9.